The molecule has 5 rings (SSSR count). The van der Waals surface area contributed by atoms with Gasteiger partial charge in [0.2, 0.25) is 5.95 Å². The van der Waals surface area contributed by atoms with Gasteiger partial charge >= 0.3 is 0 Å². The Bertz CT molecular complexity index is 1090. The molecule has 11 heteroatoms. The summed E-state index contributed by atoms with van der Waals surface area (Å²) in [7, 11) is 0. The number of nitrogens with one attached hydrogen (secondary N) is 1. The van der Waals surface area contributed by atoms with Gasteiger partial charge in [0.1, 0.15) is 6.54 Å². The van der Waals surface area contributed by atoms with E-state index in [9.17, 15) is 8.78 Å². The zero-order chi connectivity index (χ0) is 23.4. The predicted octanol–water partition coefficient (Wildman–Crippen LogP) is 5.32. The Labute approximate surface area is 201 Å². The Kier molecular flexibility index (Phi) is 7.95. The van der Waals surface area contributed by atoms with Gasteiger partial charge in [-0.3, -0.25) is 4.90 Å². The van der Waals surface area contributed by atoms with Gasteiger partial charge in [0, 0.05) is 16.6 Å². The van der Waals surface area contributed by atoms with E-state index in [1.165, 1.54) is 38.5 Å². The molecule has 0 aliphatic carbocycles. The monoisotopic (exact) mass is 498 g/mol. The molecule has 0 amide bonds. The molecule has 0 radical (unpaired) electrons. The molecule has 2 aliphatic heterocycles. The first kappa shape index (κ1) is 24.1. The molecule has 0 saturated carbocycles. The van der Waals surface area contributed by atoms with Crippen molar-refractivity contribution in [2.45, 2.75) is 45.2 Å². The number of likely N-dealkylation sites (tertiary alicyclic amines) is 1. The van der Waals surface area contributed by atoms with E-state index in [0.29, 0.717) is 16.2 Å². The van der Waals surface area contributed by atoms with Gasteiger partial charge in [0.15, 0.2) is 5.15 Å². The zero-order valence-electron chi connectivity index (χ0n) is 18.3. The van der Waals surface area contributed by atoms with Gasteiger partial charge in [-0.15, -0.1) is 0 Å². The van der Waals surface area contributed by atoms with Crippen molar-refractivity contribution in [2.24, 2.45) is 0 Å². The smallest absolute Gasteiger partial charge is 0.257 e. The summed E-state index contributed by atoms with van der Waals surface area (Å²) in [5.41, 5.74) is 1.96. The molecule has 1 aromatic carbocycles. The highest BCUT2D eigenvalue weighted by Gasteiger charge is 2.26. The number of rotatable bonds is 5. The second-order valence-corrected chi connectivity index (χ2v) is 8.95. The SMILES string of the molecule is C1CCN(C2COC2)CC1.Cc1cc2nc(Nc3cnn(CC(F)F)c3Cl)ncc2cc1Cl. The van der Waals surface area contributed by atoms with Crippen LogP contribution in [0.2, 0.25) is 10.2 Å². The largest absolute Gasteiger partial charge is 0.378 e. The third-order valence-electron chi connectivity index (χ3n) is 5.72. The third-order valence-corrected chi connectivity index (χ3v) is 6.53. The van der Waals surface area contributed by atoms with Crippen molar-refractivity contribution >= 4 is 45.7 Å². The maximum Gasteiger partial charge on any atom is 0.257 e. The first-order valence-electron chi connectivity index (χ1n) is 10.9. The number of nitrogens with zero attached hydrogens (tertiary/aromatic N) is 5. The van der Waals surface area contributed by atoms with Crippen molar-refractivity contribution in [3.05, 3.63) is 40.3 Å². The van der Waals surface area contributed by atoms with E-state index in [2.05, 4.69) is 25.3 Å². The molecule has 0 atom stereocenters. The van der Waals surface area contributed by atoms with Crippen LogP contribution in [0, 0.1) is 6.92 Å². The summed E-state index contributed by atoms with van der Waals surface area (Å²) in [6.07, 6.45) is 4.67. The Morgan fingerprint density at radius 3 is 2.58 bits per heavy atom. The quantitative estimate of drug-likeness (QED) is 0.513. The fourth-order valence-electron chi connectivity index (χ4n) is 3.77. The van der Waals surface area contributed by atoms with E-state index in [4.69, 9.17) is 27.9 Å². The van der Waals surface area contributed by atoms with Crippen LogP contribution in [-0.4, -0.2) is 63.4 Å². The Balaban J connectivity index is 0.000000214. The number of anilines is 2. The summed E-state index contributed by atoms with van der Waals surface area (Å²) in [4.78, 5) is 11.1. The number of hydrogen-bond acceptors (Lipinski definition) is 6. The van der Waals surface area contributed by atoms with Crippen molar-refractivity contribution < 1.29 is 13.5 Å². The summed E-state index contributed by atoms with van der Waals surface area (Å²) in [5, 5.41) is 8.19. The van der Waals surface area contributed by atoms with Crippen LogP contribution in [0.1, 0.15) is 24.8 Å². The second kappa shape index (κ2) is 10.9. The number of piperidine rings is 1. The lowest BCUT2D eigenvalue weighted by molar-refractivity contribution is -0.0698. The van der Waals surface area contributed by atoms with Gasteiger partial charge in [-0.05, 0) is 50.6 Å². The lowest BCUT2D eigenvalue weighted by Crippen LogP contribution is -2.50. The molecule has 2 saturated heterocycles. The molecule has 178 valence electrons. The van der Waals surface area contributed by atoms with E-state index >= 15 is 0 Å². The summed E-state index contributed by atoms with van der Waals surface area (Å²) in [6, 6.07) is 4.40. The van der Waals surface area contributed by atoms with E-state index in [1.54, 1.807) is 12.3 Å². The maximum atomic E-state index is 12.4. The highest BCUT2D eigenvalue weighted by atomic mass is 35.5. The van der Waals surface area contributed by atoms with Gasteiger partial charge in [-0.2, -0.15) is 5.10 Å². The van der Waals surface area contributed by atoms with Crippen LogP contribution < -0.4 is 5.32 Å². The fourth-order valence-corrected chi connectivity index (χ4v) is 4.15. The van der Waals surface area contributed by atoms with E-state index in [1.807, 2.05) is 13.0 Å². The average molecular weight is 499 g/mol. The highest BCUT2D eigenvalue weighted by Crippen LogP contribution is 2.26. The van der Waals surface area contributed by atoms with Crippen molar-refractivity contribution in [1.82, 2.24) is 24.6 Å². The van der Waals surface area contributed by atoms with Crippen molar-refractivity contribution in [3.8, 4) is 0 Å². The summed E-state index contributed by atoms with van der Waals surface area (Å²) in [6.45, 7) is 5.90. The molecule has 2 fully saturated rings. The van der Waals surface area contributed by atoms with Crippen LogP contribution in [0.3, 0.4) is 0 Å². The number of halogens is 4. The van der Waals surface area contributed by atoms with Crippen molar-refractivity contribution in [1.29, 1.82) is 0 Å². The molecular formula is C22H26Cl2F2N6O. The molecule has 0 bridgehead atoms. The van der Waals surface area contributed by atoms with E-state index < -0.39 is 13.0 Å². The van der Waals surface area contributed by atoms with Gasteiger partial charge in [-0.25, -0.2) is 23.4 Å². The number of fused-ring (bicyclic) bond motifs is 1. The normalized spacial score (nSPS) is 17.0. The van der Waals surface area contributed by atoms with Crippen LogP contribution in [0.5, 0.6) is 0 Å². The Hall–Kier alpha value is -2.07. The molecule has 4 heterocycles. The van der Waals surface area contributed by atoms with Crippen LogP contribution in [0.25, 0.3) is 10.9 Å². The van der Waals surface area contributed by atoms with E-state index in [-0.39, 0.29) is 11.1 Å². The van der Waals surface area contributed by atoms with Crippen LogP contribution in [-0.2, 0) is 11.3 Å². The van der Waals surface area contributed by atoms with Crippen molar-refractivity contribution in [3.63, 3.8) is 0 Å². The number of hydrogen-bond donors (Lipinski definition) is 1. The lowest BCUT2D eigenvalue weighted by atomic mass is 10.1. The minimum absolute atomic E-state index is 0.0706. The van der Waals surface area contributed by atoms with Gasteiger partial charge in [0.25, 0.3) is 6.43 Å². The molecule has 7 nitrogen and oxygen atoms in total. The topological polar surface area (TPSA) is 68.1 Å². The standard InChI is InChI=1S/C14H11Cl2F2N5.C8H15NO/c1-7-2-10-8(3-9(7)15)4-19-14(21-10)22-11-5-20-23(13(11)16)6-12(17)18;1-2-4-9(5-3-1)8-6-10-7-8/h2-5,12H,6H2,1H3,(H,19,21,22);8H,1-7H2. The molecule has 0 spiro atoms. The molecule has 2 aliphatic rings. The molecular weight excluding hydrogens is 473 g/mol. The van der Waals surface area contributed by atoms with Crippen LogP contribution in [0.4, 0.5) is 20.4 Å². The fraction of sp³-hybridized carbons (Fsp3) is 0.500. The minimum atomic E-state index is -2.54. The van der Waals surface area contributed by atoms with Crippen LogP contribution in [0.15, 0.2) is 24.5 Å². The van der Waals surface area contributed by atoms with Crippen molar-refractivity contribution in [2.75, 3.05) is 31.6 Å². The number of benzene rings is 1. The Morgan fingerprint density at radius 2 is 1.91 bits per heavy atom. The number of aromatic nitrogens is 4. The third kappa shape index (κ3) is 6.09. The van der Waals surface area contributed by atoms with Gasteiger partial charge < -0.3 is 10.1 Å². The maximum absolute atomic E-state index is 12.4. The zero-order valence-corrected chi connectivity index (χ0v) is 19.8. The molecule has 0 unspecified atom stereocenters. The average Bonchev–Trinajstić information content (AvgIpc) is 3.08. The van der Waals surface area contributed by atoms with E-state index in [0.717, 1.165) is 34.9 Å². The van der Waals surface area contributed by atoms with Crippen LogP contribution >= 0.6 is 23.2 Å². The minimum Gasteiger partial charge on any atom is -0.378 e. The first-order valence-corrected chi connectivity index (χ1v) is 11.7. The first-order chi connectivity index (χ1) is 15.9. The van der Waals surface area contributed by atoms with Gasteiger partial charge in [-0.1, -0.05) is 29.6 Å². The molecule has 33 heavy (non-hydrogen) atoms. The highest BCUT2D eigenvalue weighted by molar-refractivity contribution is 6.32. The summed E-state index contributed by atoms with van der Waals surface area (Å²) < 4.78 is 31.0. The lowest BCUT2D eigenvalue weighted by Gasteiger charge is -2.39. The second-order valence-electron chi connectivity index (χ2n) is 8.19. The predicted molar refractivity (Wildman–Crippen MR) is 126 cm³/mol. The number of aryl methyl sites for hydroxylation is 1. The molecule has 3 aromatic rings. The number of ether oxygens (including phenoxy) is 1. The Morgan fingerprint density at radius 1 is 1.15 bits per heavy atom. The summed E-state index contributed by atoms with van der Waals surface area (Å²) in [5.74, 6) is 0.290. The van der Waals surface area contributed by atoms with Gasteiger partial charge in [0.05, 0.1) is 36.7 Å². The number of alkyl halides is 2. The molecule has 2 aromatic heterocycles. The summed E-state index contributed by atoms with van der Waals surface area (Å²) >= 11 is 12.1. The molecule has 1 N–H and O–H groups in total.